The van der Waals surface area contributed by atoms with Gasteiger partial charge in [0.1, 0.15) is 10.7 Å². The van der Waals surface area contributed by atoms with Gasteiger partial charge in [-0.15, -0.1) is 11.3 Å². The number of carbonyl (C=O) groups is 1. The van der Waals surface area contributed by atoms with Crippen LogP contribution in [0.25, 0.3) is 21.3 Å². The number of carbonyl (C=O) groups excluding carboxylic acids is 1. The summed E-state index contributed by atoms with van der Waals surface area (Å²) in [5, 5.41) is 2.15. The molecule has 2 aromatic carbocycles. The maximum Gasteiger partial charge on any atom is 0.416 e. The van der Waals surface area contributed by atoms with Crippen molar-refractivity contribution in [3.8, 4) is 11.1 Å². The van der Waals surface area contributed by atoms with E-state index >= 15 is 0 Å². The Labute approximate surface area is 172 Å². The largest absolute Gasteiger partial charge is 0.416 e. The van der Waals surface area contributed by atoms with Crippen molar-refractivity contribution in [2.24, 2.45) is 0 Å². The second-order valence-electron chi connectivity index (χ2n) is 6.51. The van der Waals surface area contributed by atoms with Gasteiger partial charge in [-0.2, -0.15) is 13.2 Å². The predicted molar refractivity (Wildman–Crippen MR) is 109 cm³/mol. The highest BCUT2D eigenvalue weighted by Gasteiger charge is 2.31. The monoisotopic (exact) mass is 429 g/mol. The van der Waals surface area contributed by atoms with Gasteiger partial charge in [0.15, 0.2) is 0 Å². The van der Waals surface area contributed by atoms with Gasteiger partial charge < -0.3 is 0 Å². The Kier molecular flexibility index (Phi) is 4.90. The molecule has 0 saturated carbocycles. The van der Waals surface area contributed by atoms with E-state index in [0.717, 1.165) is 28.4 Å². The first-order chi connectivity index (χ1) is 14.3. The second-order valence-corrected chi connectivity index (χ2v) is 7.37. The molecule has 0 radical (unpaired) electrons. The van der Waals surface area contributed by atoms with Crippen LogP contribution < -0.4 is 11.0 Å². The van der Waals surface area contributed by atoms with E-state index in [4.69, 9.17) is 0 Å². The molecule has 0 aliphatic rings. The molecule has 30 heavy (non-hydrogen) atoms. The summed E-state index contributed by atoms with van der Waals surface area (Å²) in [5.41, 5.74) is 2.20. The second kappa shape index (κ2) is 7.42. The van der Waals surface area contributed by atoms with Crippen LogP contribution in [0, 0.1) is 6.92 Å². The Morgan fingerprint density at radius 1 is 1.10 bits per heavy atom. The van der Waals surface area contributed by atoms with Crippen molar-refractivity contribution in [3.63, 3.8) is 0 Å². The van der Waals surface area contributed by atoms with Crippen LogP contribution in [-0.2, 0) is 6.18 Å². The number of rotatable bonds is 3. The molecule has 4 aromatic rings. The van der Waals surface area contributed by atoms with Gasteiger partial charge in [0.05, 0.1) is 10.9 Å². The summed E-state index contributed by atoms with van der Waals surface area (Å²) in [6, 6.07) is 13.2. The molecule has 2 aromatic heterocycles. The number of aromatic nitrogens is 2. The van der Waals surface area contributed by atoms with Crippen molar-refractivity contribution in [1.82, 2.24) is 9.66 Å². The van der Waals surface area contributed by atoms with E-state index in [2.05, 4.69) is 10.4 Å². The molecule has 0 saturated heterocycles. The fourth-order valence-electron chi connectivity index (χ4n) is 3.06. The van der Waals surface area contributed by atoms with Crippen molar-refractivity contribution in [2.75, 3.05) is 5.43 Å². The fraction of sp³-hybridized carbons (Fsp3) is 0.0952. The van der Waals surface area contributed by atoms with Crippen molar-refractivity contribution >= 4 is 27.5 Å². The van der Waals surface area contributed by atoms with Gasteiger partial charge in [-0.05, 0) is 30.7 Å². The van der Waals surface area contributed by atoms with Crippen LogP contribution in [0.3, 0.4) is 0 Å². The minimum atomic E-state index is -4.58. The van der Waals surface area contributed by atoms with Crippen LogP contribution in [0.1, 0.15) is 21.7 Å². The van der Waals surface area contributed by atoms with Crippen LogP contribution in [0.5, 0.6) is 0 Å². The summed E-state index contributed by atoms with van der Waals surface area (Å²) in [6.45, 7) is 1.54. The van der Waals surface area contributed by atoms with E-state index in [-0.39, 0.29) is 11.4 Å². The number of nitrogens with one attached hydrogen (secondary N) is 1. The lowest BCUT2D eigenvalue weighted by atomic mass is 10.1. The number of halogens is 3. The molecule has 0 bridgehead atoms. The first-order valence-electron chi connectivity index (χ1n) is 8.80. The Morgan fingerprint density at radius 3 is 2.53 bits per heavy atom. The Morgan fingerprint density at radius 2 is 1.83 bits per heavy atom. The standard InChI is InChI=1S/C21H14F3N3O2S/c1-12-25-19-17(16(11-30-19)13-6-3-2-4-7-13)20(29)27(12)26-18(28)14-8-5-9-15(10-14)21(22,23)24/h2-11H,1H3,(H,26,28). The van der Waals surface area contributed by atoms with Gasteiger partial charge in [0, 0.05) is 16.5 Å². The molecule has 0 aliphatic carbocycles. The normalized spacial score (nSPS) is 11.6. The number of nitrogens with zero attached hydrogens (tertiary/aromatic N) is 2. The SMILES string of the molecule is Cc1nc2scc(-c3ccccc3)c2c(=O)n1NC(=O)c1cccc(C(F)(F)F)c1. The van der Waals surface area contributed by atoms with E-state index in [1.54, 1.807) is 0 Å². The molecule has 5 nitrogen and oxygen atoms in total. The van der Waals surface area contributed by atoms with Crippen molar-refractivity contribution in [1.29, 1.82) is 0 Å². The molecular formula is C21H14F3N3O2S. The molecule has 1 amide bonds. The molecule has 152 valence electrons. The minimum absolute atomic E-state index is 0.217. The number of amides is 1. The smallest absolute Gasteiger partial charge is 0.267 e. The fourth-order valence-corrected chi connectivity index (χ4v) is 4.04. The summed E-state index contributed by atoms with van der Waals surface area (Å²) in [6.07, 6.45) is -4.58. The molecule has 4 rings (SSSR count). The van der Waals surface area contributed by atoms with Crippen LogP contribution in [-0.4, -0.2) is 15.6 Å². The van der Waals surface area contributed by atoms with Crippen LogP contribution in [0.2, 0.25) is 0 Å². The number of alkyl halides is 3. The third-order valence-corrected chi connectivity index (χ3v) is 5.40. The molecule has 2 heterocycles. The molecule has 0 aliphatic heterocycles. The van der Waals surface area contributed by atoms with Gasteiger partial charge in [0.25, 0.3) is 11.5 Å². The molecule has 0 fully saturated rings. The van der Waals surface area contributed by atoms with Gasteiger partial charge in [-0.25, -0.2) is 9.66 Å². The van der Waals surface area contributed by atoms with Crippen molar-refractivity contribution in [2.45, 2.75) is 13.1 Å². The van der Waals surface area contributed by atoms with Crippen LogP contribution >= 0.6 is 11.3 Å². The molecular weight excluding hydrogens is 415 g/mol. The van der Waals surface area contributed by atoms with E-state index < -0.39 is 23.2 Å². The minimum Gasteiger partial charge on any atom is -0.267 e. The number of hydrogen-bond acceptors (Lipinski definition) is 4. The summed E-state index contributed by atoms with van der Waals surface area (Å²) in [7, 11) is 0. The maximum atomic E-state index is 13.1. The lowest BCUT2D eigenvalue weighted by Gasteiger charge is -2.13. The Balaban J connectivity index is 1.77. The number of fused-ring (bicyclic) bond motifs is 1. The molecule has 0 spiro atoms. The molecule has 0 unspecified atom stereocenters. The number of aryl methyl sites for hydroxylation is 1. The average Bonchev–Trinajstić information content (AvgIpc) is 3.15. The topological polar surface area (TPSA) is 64.0 Å². The number of benzene rings is 2. The molecule has 9 heteroatoms. The lowest BCUT2D eigenvalue weighted by Crippen LogP contribution is -2.35. The summed E-state index contributed by atoms with van der Waals surface area (Å²) in [4.78, 5) is 30.6. The lowest BCUT2D eigenvalue weighted by molar-refractivity contribution is -0.137. The van der Waals surface area contributed by atoms with E-state index in [9.17, 15) is 22.8 Å². The Hall–Kier alpha value is -3.46. The van der Waals surface area contributed by atoms with E-state index in [0.29, 0.717) is 15.8 Å². The Bertz CT molecular complexity index is 1310. The zero-order valence-electron chi connectivity index (χ0n) is 15.5. The van der Waals surface area contributed by atoms with E-state index in [1.807, 2.05) is 35.7 Å². The summed E-state index contributed by atoms with van der Waals surface area (Å²) < 4.78 is 39.8. The highest BCUT2D eigenvalue weighted by atomic mass is 32.1. The summed E-state index contributed by atoms with van der Waals surface area (Å²) >= 11 is 1.30. The van der Waals surface area contributed by atoms with E-state index in [1.165, 1.54) is 24.3 Å². The first-order valence-corrected chi connectivity index (χ1v) is 9.68. The highest BCUT2D eigenvalue weighted by molar-refractivity contribution is 7.17. The van der Waals surface area contributed by atoms with Crippen molar-refractivity contribution < 1.29 is 18.0 Å². The average molecular weight is 429 g/mol. The zero-order chi connectivity index (χ0) is 21.5. The van der Waals surface area contributed by atoms with Crippen LogP contribution in [0.15, 0.2) is 64.8 Å². The quantitative estimate of drug-likeness (QED) is 0.507. The molecule has 1 N–H and O–H groups in total. The summed E-state index contributed by atoms with van der Waals surface area (Å²) in [5.74, 6) is -0.627. The highest BCUT2D eigenvalue weighted by Crippen LogP contribution is 2.31. The molecule has 0 atom stereocenters. The zero-order valence-corrected chi connectivity index (χ0v) is 16.3. The van der Waals surface area contributed by atoms with Gasteiger partial charge in [-0.1, -0.05) is 36.4 Å². The third kappa shape index (κ3) is 3.59. The number of hydrogen-bond donors (Lipinski definition) is 1. The van der Waals surface area contributed by atoms with Gasteiger partial charge >= 0.3 is 6.18 Å². The van der Waals surface area contributed by atoms with Gasteiger partial charge in [-0.3, -0.25) is 15.0 Å². The first kappa shape index (κ1) is 19.8. The van der Waals surface area contributed by atoms with Crippen molar-refractivity contribution in [3.05, 3.63) is 87.3 Å². The number of thiophene rings is 1. The van der Waals surface area contributed by atoms with Gasteiger partial charge in [0.2, 0.25) is 0 Å². The predicted octanol–water partition coefficient (Wildman–Crippen LogP) is 4.84. The van der Waals surface area contributed by atoms with Crippen LogP contribution in [0.4, 0.5) is 13.2 Å². The maximum absolute atomic E-state index is 13.1. The third-order valence-electron chi connectivity index (χ3n) is 4.53.